The number of ether oxygens (including phenoxy) is 2. The molecule has 0 fully saturated rings. The maximum absolute atomic E-state index is 12.9. The third-order valence-corrected chi connectivity index (χ3v) is 4.33. The molecular formula is C23H23NO4. The van der Waals surface area contributed by atoms with Gasteiger partial charge in [-0.3, -0.25) is 4.79 Å². The molecule has 3 rings (SSSR count). The summed E-state index contributed by atoms with van der Waals surface area (Å²) < 4.78 is 10.7. The fourth-order valence-electron chi connectivity index (χ4n) is 3.12. The highest BCUT2D eigenvalue weighted by Gasteiger charge is 2.24. The van der Waals surface area contributed by atoms with E-state index in [0.29, 0.717) is 24.1 Å². The van der Waals surface area contributed by atoms with E-state index >= 15 is 0 Å². The topological polar surface area (TPSA) is 65.5 Å². The van der Waals surface area contributed by atoms with Gasteiger partial charge in [-0.2, -0.15) is 0 Å². The summed E-state index contributed by atoms with van der Waals surface area (Å²) in [5, 5.41) is 0.848. The van der Waals surface area contributed by atoms with Crippen molar-refractivity contribution in [1.82, 2.24) is 4.98 Å². The fraction of sp³-hybridized carbons (Fsp3) is 0.261. The Morgan fingerprint density at radius 1 is 0.929 bits per heavy atom. The Kier molecular flexibility index (Phi) is 6.37. The quantitative estimate of drug-likeness (QED) is 0.547. The zero-order chi connectivity index (χ0) is 19.9. The first kappa shape index (κ1) is 19.5. The van der Waals surface area contributed by atoms with Gasteiger partial charge < -0.3 is 9.47 Å². The zero-order valence-electron chi connectivity index (χ0n) is 16.1. The summed E-state index contributed by atoms with van der Waals surface area (Å²) in [7, 11) is 0. The van der Waals surface area contributed by atoms with E-state index in [2.05, 4.69) is 4.98 Å². The Balaban J connectivity index is 2.22. The number of carbonyl (C=O) groups is 2. The lowest BCUT2D eigenvalue weighted by Gasteiger charge is -2.16. The molecule has 5 nitrogen and oxygen atoms in total. The van der Waals surface area contributed by atoms with Crippen molar-refractivity contribution in [1.29, 1.82) is 0 Å². The van der Waals surface area contributed by atoms with E-state index in [-0.39, 0.29) is 19.2 Å². The van der Waals surface area contributed by atoms with Crippen LogP contribution < -0.4 is 0 Å². The Labute approximate surface area is 164 Å². The molecule has 0 bridgehead atoms. The number of rotatable bonds is 7. The second-order valence-corrected chi connectivity index (χ2v) is 6.32. The average Bonchev–Trinajstić information content (AvgIpc) is 2.72. The highest BCUT2D eigenvalue weighted by atomic mass is 16.5. The summed E-state index contributed by atoms with van der Waals surface area (Å²) in [6.07, 6.45) is 1.03. The Morgan fingerprint density at radius 2 is 1.64 bits per heavy atom. The minimum atomic E-state index is -0.471. The molecule has 0 atom stereocenters. The summed E-state index contributed by atoms with van der Waals surface area (Å²) in [6, 6.07) is 17.3. The predicted octanol–water partition coefficient (Wildman–Crippen LogP) is 4.92. The number of nitrogens with zero attached hydrogens (tertiary/aromatic N) is 1. The van der Waals surface area contributed by atoms with Gasteiger partial charge in [0.2, 0.25) is 0 Å². The summed E-state index contributed by atoms with van der Waals surface area (Å²) in [5.41, 5.74) is 3.10. The van der Waals surface area contributed by atoms with Crippen molar-refractivity contribution >= 4 is 22.8 Å². The summed E-state index contributed by atoms with van der Waals surface area (Å²) in [6.45, 7) is 3.84. The Hall–Kier alpha value is -3.21. The van der Waals surface area contributed by atoms with Crippen molar-refractivity contribution in [2.24, 2.45) is 0 Å². The number of aromatic nitrogens is 1. The number of pyridine rings is 1. The maximum Gasteiger partial charge on any atom is 0.340 e. The van der Waals surface area contributed by atoms with Gasteiger partial charge in [0.1, 0.15) is 6.61 Å². The van der Waals surface area contributed by atoms with Crippen LogP contribution in [0.1, 0.15) is 42.7 Å². The summed E-state index contributed by atoms with van der Waals surface area (Å²) in [4.78, 5) is 29.4. The van der Waals surface area contributed by atoms with Crippen LogP contribution in [0.2, 0.25) is 0 Å². The van der Waals surface area contributed by atoms with Gasteiger partial charge in [-0.25, -0.2) is 9.78 Å². The number of fused-ring (bicyclic) bond motifs is 1. The molecule has 0 unspecified atom stereocenters. The van der Waals surface area contributed by atoms with Crippen LogP contribution in [0.4, 0.5) is 0 Å². The number of hydrogen-bond donors (Lipinski definition) is 0. The van der Waals surface area contributed by atoms with E-state index < -0.39 is 5.97 Å². The van der Waals surface area contributed by atoms with E-state index in [9.17, 15) is 9.59 Å². The number of benzene rings is 2. The van der Waals surface area contributed by atoms with E-state index in [1.54, 1.807) is 6.92 Å². The number of hydrogen-bond acceptors (Lipinski definition) is 5. The van der Waals surface area contributed by atoms with Crippen molar-refractivity contribution < 1.29 is 19.1 Å². The first-order valence-electron chi connectivity index (χ1n) is 9.45. The lowest BCUT2D eigenvalue weighted by atomic mass is 9.94. The second kappa shape index (κ2) is 9.13. The molecule has 0 N–H and O–H groups in total. The predicted molar refractivity (Wildman–Crippen MR) is 108 cm³/mol. The molecule has 144 valence electrons. The molecule has 0 spiro atoms. The van der Waals surface area contributed by atoms with Crippen LogP contribution in [0, 0.1) is 0 Å². The van der Waals surface area contributed by atoms with E-state index in [1.165, 1.54) is 0 Å². The minimum absolute atomic E-state index is 0.0718. The molecule has 5 heteroatoms. The summed E-state index contributed by atoms with van der Waals surface area (Å²) >= 11 is 0. The Bertz CT molecular complexity index is 983. The van der Waals surface area contributed by atoms with Gasteiger partial charge >= 0.3 is 11.9 Å². The largest absolute Gasteiger partial charge is 0.462 e. The molecule has 0 aliphatic rings. The van der Waals surface area contributed by atoms with Crippen molar-refractivity contribution in [3.63, 3.8) is 0 Å². The van der Waals surface area contributed by atoms with E-state index in [0.717, 1.165) is 22.0 Å². The second-order valence-electron chi connectivity index (χ2n) is 6.32. The molecular weight excluding hydrogens is 354 g/mol. The third-order valence-electron chi connectivity index (χ3n) is 4.33. The third kappa shape index (κ3) is 4.19. The van der Waals surface area contributed by atoms with Crippen molar-refractivity contribution in [2.75, 3.05) is 6.61 Å². The van der Waals surface area contributed by atoms with Crippen LogP contribution in [0.15, 0.2) is 54.6 Å². The molecule has 0 saturated carbocycles. The number of esters is 2. The van der Waals surface area contributed by atoms with Crippen LogP contribution in [0.3, 0.4) is 0 Å². The van der Waals surface area contributed by atoms with Crippen molar-refractivity contribution in [2.45, 2.75) is 33.3 Å². The van der Waals surface area contributed by atoms with E-state index in [4.69, 9.17) is 9.47 Å². The average molecular weight is 377 g/mol. The molecule has 0 radical (unpaired) electrons. The molecule has 1 heterocycles. The van der Waals surface area contributed by atoms with Crippen LogP contribution in [0.5, 0.6) is 0 Å². The maximum atomic E-state index is 12.9. The van der Waals surface area contributed by atoms with Gasteiger partial charge in [0, 0.05) is 17.4 Å². The van der Waals surface area contributed by atoms with Crippen molar-refractivity contribution in [3.05, 3.63) is 65.9 Å². The molecule has 0 saturated heterocycles. The first-order chi connectivity index (χ1) is 13.7. The Morgan fingerprint density at radius 3 is 2.36 bits per heavy atom. The van der Waals surface area contributed by atoms with Gasteiger partial charge in [0.15, 0.2) is 0 Å². The first-order valence-corrected chi connectivity index (χ1v) is 9.45. The molecule has 2 aromatic carbocycles. The zero-order valence-corrected chi connectivity index (χ0v) is 16.1. The standard InChI is InChI=1S/C23H23NO4/c1-3-10-20(25)28-15-19-22(23(26)27-4-2)21(16-11-6-5-7-12-16)17-13-8-9-14-18(17)24-19/h5-9,11-14H,3-4,10,15H2,1-2H3. The number of carbonyl (C=O) groups excluding carboxylic acids is 2. The monoisotopic (exact) mass is 377 g/mol. The van der Waals surface area contributed by atoms with Gasteiger partial charge in [0.05, 0.1) is 23.4 Å². The molecule has 0 aliphatic heterocycles. The van der Waals surface area contributed by atoms with Gasteiger partial charge in [0.25, 0.3) is 0 Å². The molecule has 3 aromatic rings. The van der Waals surface area contributed by atoms with Crippen molar-refractivity contribution in [3.8, 4) is 11.1 Å². The van der Waals surface area contributed by atoms with Gasteiger partial charge in [-0.1, -0.05) is 55.5 Å². The molecule has 1 aromatic heterocycles. The van der Waals surface area contributed by atoms with Gasteiger partial charge in [-0.05, 0) is 25.0 Å². The van der Waals surface area contributed by atoms with Crippen LogP contribution in [-0.2, 0) is 20.9 Å². The van der Waals surface area contributed by atoms with Gasteiger partial charge in [-0.15, -0.1) is 0 Å². The SMILES string of the molecule is CCCC(=O)OCc1nc2ccccc2c(-c2ccccc2)c1C(=O)OCC. The van der Waals surface area contributed by atoms with Crippen LogP contribution in [-0.4, -0.2) is 23.5 Å². The summed E-state index contributed by atoms with van der Waals surface area (Å²) in [5.74, 6) is -0.783. The molecule has 28 heavy (non-hydrogen) atoms. The molecule has 0 amide bonds. The number of para-hydroxylation sites is 1. The van der Waals surface area contributed by atoms with E-state index in [1.807, 2.05) is 61.5 Å². The highest BCUT2D eigenvalue weighted by molar-refractivity contribution is 6.07. The smallest absolute Gasteiger partial charge is 0.340 e. The highest BCUT2D eigenvalue weighted by Crippen LogP contribution is 2.34. The van der Waals surface area contributed by atoms with Crippen LogP contribution in [0.25, 0.3) is 22.0 Å². The fourth-order valence-corrected chi connectivity index (χ4v) is 3.12. The minimum Gasteiger partial charge on any atom is -0.462 e. The molecule has 0 aliphatic carbocycles. The lowest BCUT2D eigenvalue weighted by molar-refractivity contribution is -0.145. The van der Waals surface area contributed by atoms with Crippen LogP contribution >= 0.6 is 0 Å². The lowest BCUT2D eigenvalue weighted by Crippen LogP contribution is -2.15. The normalized spacial score (nSPS) is 10.6.